The van der Waals surface area contributed by atoms with Gasteiger partial charge in [0.1, 0.15) is 0 Å². The molecule has 0 heterocycles. The third-order valence-electron chi connectivity index (χ3n) is 0. The van der Waals surface area contributed by atoms with Crippen molar-refractivity contribution in [3.8, 4) is 0 Å². The van der Waals surface area contributed by atoms with Gasteiger partial charge in [-0.05, 0) is 0 Å². The van der Waals surface area contributed by atoms with Crippen LogP contribution in [-0.4, -0.2) is 0 Å². The van der Waals surface area contributed by atoms with Crippen LogP contribution in [0.4, 0.5) is 0 Å². The van der Waals surface area contributed by atoms with Gasteiger partial charge in [0.05, 0.1) is 0 Å². The summed E-state index contributed by atoms with van der Waals surface area (Å²) in [5.74, 6) is 0. The summed E-state index contributed by atoms with van der Waals surface area (Å²) in [7, 11) is -1.42. The molecule has 0 aromatic rings. The summed E-state index contributed by atoms with van der Waals surface area (Å²) in [6.07, 6.45) is 0. The van der Waals surface area contributed by atoms with Crippen LogP contribution in [0.15, 0.2) is 0 Å². The van der Waals surface area contributed by atoms with E-state index in [-0.39, 0.29) is 52.0 Å². The topological polar surface area (TPSA) is 34.1 Å². The molecule has 0 aliphatic rings. The van der Waals surface area contributed by atoms with Gasteiger partial charge < -0.3 is 0 Å². The minimum Gasteiger partial charge on any atom is -0.241 e. The van der Waals surface area contributed by atoms with E-state index in [1.54, 1.807) is 0 Å². The van der Waals surface area contributed by atoms with Crippen molar-refractivity contribution >= 4 is 18.2 Å². The number of rotatable bonds is 0. The Morgan fingerprint density at radius 1 is 1.17 bits per heavy atom. The maximum Gasteiger partial charge on any atom is 0.303 e. The van der Waals surface area contributed by atoms with E-state index in [9.17, 15) is 0 Å². The Balaban J connectivity index is -0.00000000667. The van der Waals surface area contributed by atoms with Gasteiger partial charge in [-0.15, -0.1) is 0 Å². The van der Waals surface area contributed by atoms with Gasteiger partial charge in [0.25, 0.3) is 0 Å². The Labute approximate surface area is 69.2 Å². The van der Waals surface area contributed by atoms with Gasteiger partial charge in [-0.25, -0.2) is 9.13 Å². The molecule has 6 heavy (non-hydrogen) atoms. The number of hydrogen-bond acceptors (Lipinski definition) is 2. The first-order valence-corrected chi connectivity index (χ1v) is 1.22. The van der Waals surface area contributed by atoms with E-state index in [1.807, 2.05) is 0 Å². The van der Waals surface area contributed by atoms with Crippen LogP contribution in [0.25, 0.3) is 0 Å². The molecule has 0 N–H and O–H groups in total. The number of hydrogen-bond donors (Lipinski definition) is 0. The van der Waals surface area contributed by atoms with Gasteiger partial charge in [0.2, 0.25) is 0 Å². The summed E-state index contributed by atoms with van der Waals surface area (Å²) in [5.41, 5.74) is 0. The van der Waals surface area contributed by atoms with E-state index in [0.717, 1.165) is 0 Å². The standard InChI is InChI=1S/Mo.HO2P.H3P.W/c;1-3-2;;/h;3H;1H3;. The van der Waals surface area contributed by atoms with Crippen LogP contribution in [0.3, 0.4) is 0 Å². The minimum absolute atomic E-state index is 0. The first-order valence-electron chi connectivity index (χ1n) is 0.408. The van der Waals surface area contributed by atoms with Gasteiger partial charge in [-0.1, -0.05) is 0 Å². The van der Waals surface area contributed by atoms with E-state index < -0.39 is 8.34 Å². The molecule has 1 atom stereocenters. The maximum atomic E-state index is 8.40. The van der Waals surface area contributed by atoms with Crippen molar-refractivity contribution in [2.45, 2.75) is 0 Å². The molecule has 0 saturated carbocycles. The van der Waals surface area contributed by atoms with Crippen molar-refractivity contribution in [1.29, 1.82) is 0 Å². The molecule has 0 aromatic carbocycles. The third kappa shape index (κ3) is 43.4. The normalized spacial score (nSPS) is 2.00. The van der Waals surface area contributed by atoms with Crippen LogP contribution in [-0.2, 0) is 51.3 Å². The summed E-state index contributed by atoms with van der Waals surface area (Å²) in [6, 6.07) is 0. The first kappa shape index (κ1) is 25.2. The Hall–Kier alpha value is 1.71. The summed E-state index contributed by atoms with van der Waals surface area (Å²) in [5, 5.41) is 0. The molecule has 0 aromatic heterocycles. The molecule has 2 nitrogen and oxygen atoms in total. The fraction of sp³-hybridized carbons (Fsp3) is 0. The second-order valence-corrected chi connectivity index (χ2v) is 0.250. The predicted octanol–water partition coefficient (Wildman–Crippen LogP) is 0.409. The Kier molecular flexibility index (Phi) is 125. The van der Waals surface area contributed by atoms with Gasteiger partial charge in [-0.3, -0.25) is 0 Å². The van der Waals surface area contributed by atoms with E-state index in [0.29, 0.717) is 0 Å². The molecule has 0 radical (unpaired) electrons. The summed E-state index contributed by atoms with van der Waals surface area (Å²) in [4.78, 5) is 0. The molecule has 0 saturated heterocycles. The average Bonchev–Trinajstić information content (AvgIpc) is 0.918. The predicted molar refractivity (Wildman–Crippen MR) is 20.8 cm³/mol. The van der Waals surface area contributed by atoms with Crippen LogP contribution in [0.1, 0.15) is 0 Å². The minimum atomic E-state index is -1.42. The van der Waals surface area contributed by atoms with Crippen molar-refractivity contribution in [3.05, 3.63) is 0 Å². The second kappa shape index (κ2) is 29.8. The van der Waals surface area contributed by atoms with E-state index in [4.69, 9.17) is 9.13 Å². The maximum absolute atomic E-state index is 8.40. The fourth-order valence-corrected chi connectivity index (χ4v) is 0. The van der Waals surface area contributed by atoms with E-state index in [1.165, 1.54) is 0 Å². The van der Waals surface area contributed by atoms with E-state index in [2.05, 4.69) is 0 Å². The molecule has 0 aliphatic heterocycles. The monoisotopic (exact) mass is 380 g/mol. The molecule has 0 rings (SSSR count). The van der Waals surface area contributed by atoms with Crippen molar-refractivity contribution in [3.63, 3.8) is 0 Å². The fourth-order valence-electron chi connectivity index (χ4n) is 0. The van der Waals surface area contributed by atoms with Crippen LogP contribution in [0, 0.1) is 0 Å². The molecular weight excluding hydrogens is 374 g/mol. The molecule has 0 amide bonds. The molecule has 0 spiro atoms. The molecule has 0 aliphatic carbocycles. The van der Waals surface area contributed by atoms with Crippen molar-refractivity contribution < 1.29 is 51.3 Å². The molecule has 6 heteroatoms. The molecular formula is H4MoO2P2W. The zero-order valence-corrected chi connectivity index (χ0v) is 10.2. The molecule has 0 fully saturated rings. The van der Waals surface area contributed by atoms with Crippen LogP contribution >= 0.6 is 18.2 Å². The van der Waals surface area contributed by atoms with Gasteiger partial charge in [0.15, 0.2) is 0 Å². The van der Waals surface area contributed by atoms with E-state index >= 15 is 0 Å². The van der Waals surface area contributed by atoms with Crippen molar-refractivity contribution in [1.82, 2.24) is 0 Å². The van der Waals surface area contributed by atoms with Crippen molar-refractivity contribution in [2.24, 2.45) is 0 Å². The van der Waals surface area contributed by atoms with Crippen molar-refractivity contribution in [2.75, 3.05) is 0 Å². The molecule has 38 valence electrons. The Morgan fingerprint density at radius 3 is 1.17 bits per heavy atom. The summed E-state index contributed by atoms with van der Waals surface area (Å²) < 4.78 is 16.8. The second-order valence-electron chi connectivity index (χ2n) is 0.0833. The first-order chi connectivity index (χ1) is 1.41. The molecule has 1 unspecified atom stereocenters. The van der Waals surface area contributed by atoms with Crippen LogP contribution in [0.2, 0.25) is 0 Å². The SMILES string of the molecule is O=[PH]=O.P.[Mo].[W]. The third-order valence-corrected chi connectivity index (χ3v) is 0. The zero-order valence-electron chi connectivity index (χ0n) is 2.84. The zero-order chi connectivity index (χ0) is 2.71. The Bertz CT molecular complexity index is 32.5. The largest absolute Gasteiger partial charge is 0.303 e. The average molecular weight is 378 g/mol. The molecule has 0 bridgehead atoms. The summed E-state index contributed by atoms with van der Waals surface area (Å²) >= 11 is 0. The van der Waals surface area contributed by atoms with Crippen LogP contribution < -0.4 is 0 Å². The Morgan fingerprint density at radius 2 is 1.17 bits per heavy atom. The van der Waals surface area contributed by atoms with Gasteiger partial charge in [-0.2, -0.15) is 9.90 Å². The summed E-state index contributed by atoms with van der Waals surface area (Å²) in [6.45, 7) is 0. The quantitative estimate of drug-likeness (QED) is 0.453. The smallest absolute Gasteiger partial charge is 0.241 e. The van der Waals surface area contributed by atoms with Gasteiger partial charge >= 0.3 is 8.34 Å². The van der Waals surface area contributed by atoms with Crippen LogP contribution in [0.5, 0.6) is 0 Å². The van der Waals surface area contributed by atoms with Gasteiger partial charge in [0, 0.05) is 42.1 Å².